The van der Waals surface area contributed by atoms with E-state index in [9.17, 15) is 4.79 Å². The third-order valence-corrected chi connectivity index (χ3v) is 4.12. The lowest BCUT2D eigenvalue weighted by Gasteiger charge is -2.08. The number of ether oxygens (including phenoxy) is 1. The number of benzene rings is 2. The van der Waals surface area contributed by atoms with Gasteiger partial charge >= 0.3 is 0 Å². The molecule has 3 rings (SSSR count). The molecule has 6 heteroatoms. The summed E-state index contributed by atoms with van der Waals surface area (Å²) < 4.78 is 6.16. The summed E-state index contributed by atoms with van der Waals surface area (Å²) in [5.74, 6) is 0.442. The minimum Gasteiger partial charge on any atom is -0.488 e. The van der Waals surface area contributed by atoms with Crippen LogP contribution in [0.15, 0.2) is 60.8 Å². The van der Waals surface area contributed by atoms with Gasteiger partial charge in [0.05, 0.1) is 4.88 Å². The smallest absolute Gasteiger partial charge is 0.255 e. The fraction of sp³-hybridized carbons (Fsp3) is 0.0588. The van der Waals surface area contributed by atoms with Gasteiger partial charge < -0.3 is 10.1 Å². The summed E-state index contributed by atoms with van der Waals surface area (Å²) >= 11 is 7.15. The number of carbonyl (C=O) groups excluding carboxylic acids is 1. The van der Waals surface area contributed by atoms with E-state index in [1.165, 1.54) is 11.3 Å². The molecule has 0 aliphatic rings. The summed E-state index contributed by atoms with van der Waals surface area (Å²) in [7, 11) is 0. The average Bonchev–Trinajstić information content (AvgIpc) is 3.00. The van der Waals surface area contributed by atoms with Gasteiger partial charge in [0.2, 0.25) is 0 Å². The van der Waals surface area contributed by atoms with Gasteiger partial charge in [-0.15, -0.1) is 11.3 Å². The second kappa shape index (κ2) is 7.26. The van der Waals surface area contributed by atoms with Gasteiger partial charge in [0.15, 0.2) is 4.47 Å². The van der Waals surface area contributed by atoms with Crippen LogP contribution in [0.5, 0.6) is 5.75 Å². The van der Waals surface area contributed by atoms with Crippen LogP contribution in [0.3, 0.4) is 0 Å². The van der Waals surface area contributed by atoms with Crippen LogP contribution in [0.2, 0.25) is 4.47 Å². The molecule has 23 heavy (non-hydrogen) atoms. The van der Waals surface area contributed by atoms with E-state index in [-0.39, 0.29) is 5.91 Å². The molecule has 0 saturated heterocycles. The van der Waals surface area contributed by atoms with Crippen molar-refractivity contribution in [1.29, 1.82) is 0 Å². The highest BCUT2D eigenvalue weighted by Crippen LogP contribution is 2.21. The maximum atomic E-state index is 12.3. The summed E-state index contributed by atoms with van der Waals surface area (Å²) in [5, 5.41) is 2.84. The van der Waals surface area contributed by atoms with E-state index in [1.54, 1.807) is 24.4 Å². The van der Waals surface area contributed by atoms with Gasteiger partial charge in [-0.1, -0.05) is 35.9 Å². The maximum Gasteiger partial charge on any atom is 0.255 e. The fourth-order valence-electron chi connectivity index (χ4n) is 1.96. The van der Waals surface area contributed by atoms with Crippen LogP contribution in [0, 0.1) is 0 Å². The first-order valence-electron chi connectivity index (χ1n) is 6.90. The van der Waals surface area contributed by atoms with E-state index < -0.39 is 0 Å². The summed E-state index contributed by atoms with van der Waals surface area (Å²) in [4.78, 5) is 17.1. The van der Waals surface area contributed by atoms with Crippen molar-refractivity contribution in [3.63, 3.8) is 0 Å². The van der Waals surface area contributed by atoms with Gasteiger partial charge in [0.25, 0.3) is 5.91 Å². The Labute approximate surface area is 142 Å². The lowest BCUT2D eigenvalue weighted by molar-refractivity contribution is 0.102. The highest BCUT2D eigenvalue weighted by atomic mass is 35.5. The predicted molar refractivity (Wildman–Crippen MR) is 92.3 cm³/mol. The van der Waals surface area contributed by atoms with Crippen LogP contribution in [0.1, 0.15) is 15.2 Å². The van der Waals surface area contributed by atoms with Crippen molar-refractivity contribution in [1.82, 2.24) is 4.98 Å². The van der Waals surface area contributed by atoms with Crippen molar-refractivity contribution in [2.24, 2.45) is 0 Å². The number of halogens is 1. The predicted octanol–water partition coefficient (Wildman–Crippen LogP) is 4.63. The minimum atomic E-state index is -0.178. The molecule has 0 spiro atoms. The van der Waals surface area contributed by atoms with E-state index in [1.807, 2.05) is 36.4 Å². The minimum absolute atomic E-state index is 0.178. The lowest BCUT2D eigenvalue weighted by atomic mass is 10.2. The highest BCUT2D eigenvalue weighted by Gasteiger charge is 2.08. The first-order chi connectivity index (χ1) is 11.2. The number of carbonyl (C=O) groups is 1. The number of nitrogens with one attached hydrogen (secondary N) is 1. The molecule has 2 aromatic carbocycles. The van der Waals surface area contributed by atoms with Gasteiger partial charge in [0.1, 0.15) is 12.4 Å². The summed E-state index contributed by atoms with van der Waals surface area (Å²) in [6, 6.07) is 16.4. The molecule has 1 N–H and O–H groups in total. The Bertz CT molecular complexity index is 805. The molecule has 0 bridgehead atoms. The van der Waals surface area contributed by atoms with Crippen LogP contribution in [-0.4, -0.2) is 10.9 Å². The van der Waals surface area contributed by atoms with Gasteiger partial charge in [-0.05, 0) is 30.3 Å². The van der Waals surface area contributed by atoms with Crippen LogP contribution < -0.4 is 10.1 Å². The molecule has 116 valence electrons. The van der Waals surface area contributed by atoms with Gasteiger partial charge in [-0.2, -0.15) is 0 Å². The Hall–Kier alpha value is -2.37. The monoisotopic (exact) mass is 344 g/mol. The highest BCUT2D eigenvalue weighted by molar-refractivity contribution is 7.15. The summed E-state index contributed by atoms with van der Waals surface area (Å²) in [6.07, 6.45) is 1.68. The number of aromatic nitrogens is 1. The van der Waals surface area contributed by atoms with Gasteiger partial charge in [0, 0.05) is 17.4 Å². The molecule has 1 aromatic heterocycles. The second-order valence-electron chi connectivity index (χ2n) is 4.72. The second-order valence-corrected chi connectivity index (χ2v) is 6.41. The maximum absolute atomic E-state index is 12.3. The molecule has 0 saturated carbocycles. The van der Waals surface area contributed by atoms with Crippen LogP contribution in [-0.2, 0) is 6.61 Å². The third kappa shape index (κ3) is 4.31. The molecule has 0 aliphatic heterocycles. The third-order valence-electron chi connectivity index (χ3n) is 3.03. The van der Waals surface area contributed by atoms with Crippen LogP contribution in [0.4, 0.5) is 5.69 Å². The van der Waals surface area contributed by atoms with E-state index in [0.29, 0.717) is 22.4 Å². The van der Waals surface area contributed by atoms with E-state index >= 15 is 0 Å². The molecular weight excluding hydrogens is 332 g/mol. The van der Waals surface area contributed by atoms with E-state index in [0.717, 1.165) is 10.6 Å². The number of hydrogen-bond acceptors (Lipinski definition) is 4. The Morgan fingerprint density at radius 3 is 2.74 bits per heavy atom. The zero-order valence-corrected chi connectivity index (χ0v) is 13.6. The number of para-hydroxylation sites is 1. The van der Waals surface area contributed by atoms with E-state index in [2.05, 4.69) is 10.3 Å². The summed E-state index contributed by atoms with van der Waals surface area (Å²) in [5.41, 5.74) is 1.29. The number of thiazole rings is 1. The molecule has 4 nitrogen and oxygen atoms in total. The van der Waals surface area contributed by atoms with Crippen LogP contribution >= 0.6 is 22.9 Å². The number of anilines is 1. The first-order valence-corrected chi connectivity index (χ1v) is 8.09. The number of hydrogen-bond donors (Lipinski definition) is 1. The van der Waals surface area contributed by atoms with Crippen molar-refractivity contribution < 1.29 is 9.53 Å². The van der Waals surface area contributed by atoms with Crippen molar-refractivity contribution in [2.75, 3.05) is 5.32 Å². The largest absolute Gasteiger partial charge is 0.488 e. The molecule has 1 heterocycles. The Balaban J connectivity index is 1.65. The average molecular weight is 345 g/mol. The first kappa shape index (κ1) is 15.5. The Morgan fingerprint density at radius 1 is 1.17 bits per heavy atom. The molecule has 0 fully saturated rings. The fourth-order valence-corrected chi connectivity index (χ4v) is 2.85. The SMILES string of the molecule is O=C(Nc1ccccc1)c1cccc(OCc2cnc(Cl)s2)c1. The van der Waals surface area contributed by atoms with Gasteiger partial charge in [-0.25, -0.2) is 4.98 Å². The topological polar surface area (TPSA) is 51.2 Å². The molecule has 0 aliphatic carbocycles. The molecule has 1 amide bonds. The molecular formula is C17H13ClN2O2S. The van der Waals surface area contributed by atoms with E-state index in [4.69, 9.17) is 16.3 Å². The summed E-state index contributed by atoms with van der Waals surface area (Å²) in [6.45, 7) is 0.369. The quantitative estimate of drug-likeness (QED) is 0.734. The normalized spacial score (nSPS) is 10.3. The molecule has 0 unspecified atom stereocenters. The van der Waals surface area contributed by atoms with Crippen molar-refractivity contribution in [3.8, 4) is 5.75 Å². The molecule has 0 atom stereocenters. The standard InChI is InChI=1S/C17H13ClN2O2S/c18-17-19-10-15(23-17)11-22-14-8-4-5-12(9-14)16(21)20-13-6-2-1-3-7-13/h1-10H,11H2,(H,20,21). The molecule has 3 aromatic rings. The lowest BCUT2D eigenvalue weighted by Crippen LogP contribution is -2.11. The zero-order valence-electron chi connectivity index (χ0n) is 12.0. The van der Waals surface area contributed by atoms with Crippen molar-refractivity contribution >= 4 is 34.5 Å². The van der Waals surface area contributed by atoms with Crippen LogP contribution in [0.25, 0.3) is 0 Å². The zero-order chi connectivity index (χ0) is 16.1. The Morgan fingerprint density at radius 2 is 2.00 bits per heavy atom. The molecule has 0 radical (unpaired) electrons. The van der Waals surface area contributed by atoms with Crippen molar-refractivity contribution in [2.45, 2.75) is 6.61 Å². The number of rotatable bonds is 5. The number of nitrogens with zero attached hydrogens (tertiary/aromatic N) is 1. The van der Waals surface area contributed by atoms with Gasteiger partial charge in [-0.3, -0.25) is 4.79 Å². The van der Waals surface area contributed by atoms with Crippen molar-refractivity contribution in [3.05, 3.63) is 75.7 Å². The number of amides is 1. The Kier molecular flexibility index (Phi) is 4.90.